The largest absolute Gasteiger partial charge is 0.398 e. The Morgan fingerprint density at radius 1 is 1.19 bits per heavy atom. The lowest BCUT2D eigenvalue weighted by atomic mass is 10.2. The topological polar surface area (TPSA) is 96.0 Å². The van der Waals surface area contributed by atoms with Gasteiger partial charge in [-0.1, -0.05) is 24.3 Å². The zero-order valence-corrected chi connectivity index (χ0v) is 11.7. The Balaban J connectivity index is 2.29. The highest BCUT2D eigenvalue weighted by molar-refractivity contribution is 7.91. The van der Waals surface area contributed by atoms with Crippen LogP contribution >= 0.6 is 0 Å². The molecule has 2 aromatic rings. The summed E-state index contributed by atoms with van der Waals surface area (Å²) in [5, 5.41) is 8.89. The van der Waals surface area contributed by atoms with Gasteiger partial charge in [-0.25, -0.2) is 12.8 Å². The van der Waals surface area contributed by atoms with Gasteiger partial charge in [-0.2, -0.15) is 5.26 Å². The van der Waals surface area contributed by atoms with Crippen LogP contribution in [0.2, 0.25) is 0 Å². The van der Waals surface area contributed by atoms with Crippen LogP contribution in [0.1, 0.15) is 11.1 Å². The quantitative estimate of drug-likeness (QED) is 0.846. The Morgan fingerprint density at radius 2 is 1.90 bits per heavy atom. The molecule has 0 aliphatic carbocycles. The fourth-order valence-electron chi connectivity index (χ4n) is 1.80. The van der Waals surface area contributed by atoms with Gasteiger partial charge in [0.25, 0.3) is 0 Å². The molecule has 108 valence electrons. The van der Waals surface area contributed by atoms with Crippen LogP contribution < -0.4 is 10.5 Å². The van der Waals surface area contributed by atoms with Crippen molar-refractivity contribution in [2.75, 3.05) is 10.5 Å². The minimum atomic E-state index is -3.81. The van der Waals surface area contributed by atoms with Crippen molar-refractivity contribution >= 4 is 21.4 Å². The number of nitrogens with one attached hydrogen (secondary N) is 1. The van der Waals surface area contributed by atoms with Crippen LogP contribution in [0.25, 0.3) is 0 Å². The molecule has 5 nitrogen and oxygen atoms in total. The maximum atomic E-state index is 13.4. The second-order valence-electron chi connectivity index (χ2n) is 4.33. The fourth-order valence-corrected chi connectivity index (χ4v) is 3.05. The lowest BCUT2D eigenvalue weighted by molar-refractivity contribution is 0.600. The van der Waals surface area contributed by atoms with Crippen LogP contribution in [0.5, 0.6) is 0 Å². The van der Waals surface area contributed by atoms with E-state index in [1.165, 1.54) is 12.1 Å². The number of hydrogen-bond acceptors (Lipinski definition) is 4. The summed E-state index contributed by atoms with van der Waals surface area (Å²) < 4.78 is 39.9. The Kier molecular flexibility index (Phi) is 4.10. The molecule has 0 heterocycles. The van der Waals surface area contributed by atoms with Crippen molar-refractivity contribution in [3.8, 4) is 6.07 Å². The summed E-state index contributed by atoms with van der Waals surface area (Å²) in [6.07, 6.45) is 0. The van der Waals surface area contributed by atoms with Crippen molar-refractivity contribution in [2.45, 2.75) is 5.75 Å². The van der Waals surface area contributed by atoms with Gasteiger partial charge < -0.3 is 5.73 Å². The highest BCUT2D eigenvalue weighted by atomic mass is 32.2. The van der Waals surface area contributed by atoms with Crippen LogP contribution in [-0.2, 0) is 15.8 Å². The molecule has 0 aromatic heterocycles. The second-order valence-corrected chi connectivity index (χ2v) is 6.06. The summed E-state index contributed by atoms with van der Waals surface area (Å²) in [6.45, 7) is 0. The average molecular weight is 305 g/mol. The first-order valence-corrected chi connectivity index (χ1v) is 7.60. The molecule has 2 aromatic carbocycles. The van der Waals surface area contributed by atoms with Crippen LogP contribution in [-0.4, -0.2) is 8.42 Å². The number of sulfonamides is 1. The lowest BCUT2D eigenvalue weighted by Crippen LogP contribution is -2.17. The molecule has 0 radical (unpaired) electrons. The molecule has 2 rings (SSSR count). The fraction of sp³-hybridized carbons (Fsp3) is 0.0714. The van der Waals surface area contributed by atoms with Crippen LogP contribution in [0.15, 0.2) is 42.5 Å². The number of halogens is 1. The highest BCUT2D eigenvalue weighted by Gasteiger charge is 2.17. The zero-order valence-electron chi connectivity index (χ0n) is 10.9. The highest BCUT2D eigenvalue weighted by Crippen LogP contribution is 2.21. The van der Waals surface area contributed by atoms with Crippen LogP contribution in [0.3, 0.4) is 0 Å². The van der Waals surface area contributed by atoms with Crippen molar-refractivity contribution in [3.05, 3.63) is 59.4 Å². The molecule has 0 unspecified atom stereocenters. The normalized spacial score (nSPS) is 10.9. The summed E-state index contributed by atoms with van der Waals surface area (Å²) in [5.41, 5.74) is 6.04. The molecule has 0 aliphatic rings. The minimum absolute atomic E-state index is 0.0907. The van der Waals surface area contributed by atoms with E-state index in [-0.39, 0.29) is 17.0 Å². The van der Waals surface area contributed by atoms with E-state index in [0.29, 0.717) is 11.3 Å². The van der Waals surface area contributed by atoms with Gasteiger partial charge in [0.15, 0.2) is 0 Å². The SMILES string of the molecule is N#Cc1c(F)cccc1NS(=O)(=O)Cc1ccccc1N. The molecule has 21 heavy (non-hydrogen) atoms. The number of nitrogens with two attached hydrogens (primary N) is 1. The number of hydrogen-bond donors (Lipinski definition) is 2. The van der Waals surface area contributed by atoms with Gasteiger partial charge in [-0.05, 0) is 23.8 Å². The predicted molar refractivity (Wildman–Crippen MR) is 78.2 cm³/mol. The summed E-state index contributed by atoms with van der Waals surface area (Å²) in [6, 6.07) is 11.9. The number of nitriles is 1. The van der Waals surface area contributed by atoms with Gasteiger partial charge in [-0.15, -0.1) is 0 Å². The van der Waals surface area contributed by atoms with Gasteiger partial charge in [-0.3, -0.25) is 4.72 Å². The minimum Gasteiger partial charge on any atom is -0.398 e. The van der Waals surface area contributed by atoms with E-state index in [1.54, 1.807) is 30.3 Å². The van der Waals surface area contributed by atoms with E-state index in [9.17, 15) is 12.8 Å². The zero-order chi connectivity index (χ0) is 15.5. The van der Waals surface area contributed by atoms with Gasteiger partial charge in [0.05, 0.1) is 11.4 Å². The second kappa shape index (κ2) is 5.81. The third-order valence-corrected chi connectivity index (χ3v) is 4.01. The first-order chi connectivity index (χ1) is 9.93. The van der Waals surface area contributed by atoms with E-state index in [2.05, 4.69) is 4.72 Å². The molecule has 0 atom stereocenters. The number of benzene rings is 2. The molecule has 0 bridgehead atoms. The molecule has 0 aliphatic heterocycles. The number of nitrogens with zero attached hydrogens (tertiary/aromatic N) is 1. The summed E-state index contributed by atoms with van der Waals surface area (Å²) >= 11 is 0. The number of anilines is 2. The third kappa shape index (κ3) is 3.49. The molecule has 0 spiro atoms. The van der Waals surface area contributed by atoms with Crippen molar-refractivity contribution in [2.24, 2.45) is 0 Å². The van der Waals surface area contributed by atoms with Crippen LogP contribution in [0, 0.1) is 17.1 Å². The monoisotopic (exact) mass is 305 g/mol. The average Bonchev–Trinajstić information content (AvgIpc) is 2.41. The van der Waals surface area contributed by atoms with Crippen molar-refractivity contribution in [1.82, 2.24) is 0 Å². The van der Waals surface area contributed by atoms with Gasteiger partial charge in [0, 0.05) is 5.69 Å². The molecule has 0 saturated heterocycles. The Bertz CT molecular complexity index is 813. The van der Waals surface area contributed by atoms with E-state index in [4.69, 9.17) is 11.0 Å². The van der Waals surface area contributed by atoms with E-state index in [1.807, 2.05) is 0 Å². The van der Waals surface area contributed by atoms with Crippen LogP contribution in [0.4, 0.5) is 15.8 Å². The van der Waals surface area contributed by atoms with Crippen molar-refractivity contribution in [1.29, 1.82) is 5.26 Å². The Morgan fingerprint density at radius 3 is 2.57 bits per heavy atom. The number of rotatable bonds is 4. The van der Waals surface area contributed by atoms with E-state index < -0.39 is 15.8 Å². The maximum absolute atomic E-state index is 13.4. The maximum Gasteiger partial charge on any atom is 0.237 e. The van der Waals surface area contributed by atoms with Crippen molar-refractivity contribution in [3.63, 3.8) is 0 Å². The summed E-state index contributed by atoms with van der Waals surface area (Å²) in [7, 11) is -3.81. The first kappa shape index (κ1) is 14.8. The Hall–Kier alpha value is -2.59. The van der Waals surface area contributed by atoms with E-state index >= 15 is 0 Å². The number of para-hydroxylation sites is 1. The molecular weight excluding hydrogens is 293 g/mol. The smallest absolute Gasteiger partial charge is 0.237 e. The lowest BCUT2D eigenvalue weighted by Gasteiger charge is -2.11. The predicted octanol–water partition coefficient (Wildman–Crippen LogP) is 2.22. The standard InChI is InChI=1S/C14H12FN3O2S/c15-12-5-3-7-14(11(12)8-16)18-21(19,20)9-10-4-1-2-6-13(10)17/h1-7,18H,9,17H2. The Labute approximate surface area is 121 Å². The molecule has 0 fully saturated rings. The molecule has 7 heteroatoms. The van der Waals surface area contributed by atoms with Crippen molar-refractivity contribution < 1.29 is 12.8 Å². The van der Waals surface area contributed by atoms with E-state index in [0.717, 1.165) is 6.07 Å². The molecular formula is C14H12FN3O2S. The summed E-state index contributed by atoms with van der Waals surface area (Å²) in [5.74, 6) is -1.14. The molecule has 3 N–H and O–H groups in total. The molecule has 0 saturated carbocycles. The third-order valence-electron chi connectivity index (χ3n) is 2.79. The first-order valence-electron chi connectivity index (χ1n) is 5.95. The van der Waals surface area contributed by atoms with Gasteiger partial charge in [0.1, 0.15) is 17.4 Å². The molecule has 0 amide bonds. The summed E-state index contributed by atoms with van der Waals surface area (Å²) in [4.78, 5) is 0. The van der Waals surface area contributed by atoms with Gasteiger partial charge in [0.2, 0.25) is 10.0 Å². The van der Waals surface area contributed by atoms with Gasteiger partial charge >= 0.3 is 0 Å². The number of nitrogen functional groups attached to an aromatic ring is 1.